The van der Waals surface area contributed by atoms with Crippen molar-refractivity contribution in [2.75, 3.05) is 18.0 Å². The van der Waals surface area contributed by atoms with Crippen LogP contribution < -0.4 is 4.90 Å². The minimum Gasteiger partial charge on any atom is -0.366 e. The summed E-state index contributed by atoms with van der Waals surface area (Å²) in [7, 11) is 0. The first-order valence-electron chi connectivity index (χ1n) is 8.84. The Balaban J connectivity index is 2.14. The highest BCUT2D eigenvalue weighted by Crippen LogP contribution is 2.35. The first kappa shape index (κ1) is 16.7. The van der Waals surface area contributed by atoms with Gasteiger partial charge in [-0.05, 0) is 62.9 Å². The van der Waals surface area contributed by atoms with Crippen LogP contribution in [-0.4, -0.2) is 23.1 Å². The monoisotopic (exact) mass is 321 g/mol. The zero-order valence-electron chi connectivity index (χ0n) is 15.6. The van der Waals surface area contributed by atoms with Crippen LogP contribution in [0.1, 0.15) is 56.3 Å². The number of anilines is 1. The van der Waals surface area contributed by atoms with Gasteiger partial charge in [0.25, 0.3) is 0 Å². The van der Waals surface area contributed by atoms with E-state index in [9.17, 15) is 0 Å². The highest BCUT2D eigenvalue weighted by Gasteiger charge is 2.20. The smallest absolute Gasteiger partial charge is 0.0897 e. The van der Waals surface area contributed by atoms with Crippen molar-refractivity contribution in [3.63, 3.8) is 0 Å². The van der Waals surface area contributed by atoms with Crippen molar-refractivity contribution < 1.29 is 0 Å². The fourth-order valence-electron chi connectivity index (χ4n) is 3.30. The van der Waals surface area contributed by atoms with E-state index in [0.29, 0.717) is 5.92 Å². The minimum atomic E-state index is 0.443. The molecule has 2 aromatic heterocycles. The van der Waals surface area contributed by atoms with Crippen LogP contribution in [0.5, 0.6) is 0 Å². The molecule has 0 unspecified atom stereocenters. The standard InChI is InChI=1S/C21H27N3/c1-7-24-11-10-14(4)21-19(24)12-15(5)20(23-21)17-8-9-18(13(2)3)22-16(17)6/h8-10,12-13H,7,11H2,1-6H3. The van der Waals surface area contributed by atoms with E-state index in [1.807, 2.05) is 0 Å². The van der Waals surface area contributed by atoms with Crippen LogP contribution in [0, 0.1) is 13.8 Å². The number of fused-ring (bicyclic) bond motifs is 1. The zero-order chi connectivity index (χ0) is 17.4. The number of likely N-dealkylation sites (N-methyl/N-ethyl adjacent to an activating group) is 1. The topological polar surface area (TPSA) is 29.0 Å². The first-order valence-corrected chi connectivity index (χ1v) is 8.84. The Bertz CT molecular complexity index is 803. The number of pyridine rings is 2. The van der Waals surface area contributed by atoms with E-state index in [2.05, 4.69) is 70.7 Å². The van der Waals surface area contributed by atoms with Crippen LogP contribution in [0.2, 0.25) is 0 Å². The summed E-state index contributed by atoms with van der Waals surface area (Å²) in [6.45, 7) is 14.9. The third-order valence-corrected chi connectivity index (χ3v) is 4.86. The van der Waals surface area contributed by atoms with Crippen molar-refractivity contribution >= 4 is 11.3 Å². The minimum absolute atomic E-state index is 0.443. The summed E-state index contributed by atoms with van der Waals surface area (Å²) in [5.41, 5.74) is 9.23. The third-order valence-electron chi connectivity index (χ3n) is 4.86. The SMILES string of the molecule is CCN1CC=C(C)c2nc(-c3ccc(C(C)C)nc3C)c(C)cc21. The van der Waals surface area contributed by atoms with E-state index >= 15 is 0 Å². The Hall–Kier alpha value is -2.16. The van der Waals surface area contributed by atoms with Crippen LogP contribution in [0.3, 0.4) is 0 Å². The highest BCUT2D eigenvalue weighted by molar-refractivity contribution is 5.80. The number of allylic oxidation sites excluding steroid dienone is 1. The molecule has 0 bridgehead atoms. The molecule has 0 saturated carbocycles. The lowest BCUT2D eigenvalue weighted by Crippen LogP contribution is -2.27. The Morgan fingerprint density at radius 2 is 1.83 bits per heavy atom. The maximum atomic E-state index is 5.05. The van der Waals surface area contributed by atoms with Crippen LogP contribution in [-0.2, 0) is 0 Å². The molecule has 3 nitrogen and oxygen atoms in total. The second-order valence-corrected chi connectivity index (χ2v) is 6.97. The fourth-order valence-corrected chi connectivity index (χ4v) is 3.30. The van der Waals surface area contributed by atoms with E-state index in [1.54, 1.807) is 0 Å². The molecule has 0 atom stereocenters. The van der Waals surface area contributed by atoms with Gasteiger partial charge >= 0.3 is 0 Å². The number of rotatable bonds is 3. The molecule has 3 heteroatoms. The summed E-state index contributed by atoms with van der Waals surface area (Å²) in [4.78, 5) is 12.2. The van der Waals surface area contributed by atoms with Gasteiger partial charge in [-0.1, -0.05) is 19.9 Å². The van der Waals surface area contributed by atoms with Gasteiger partial charge in [-0.25, -0.2) is 4.98 Å². The molecule has 0 N–H and O–H groups in total. The fraction of sp³-hybridized carbons (Fsp3) is 0.429. The summed E-state index contributed by atoms with van der Waals surface area (Å²) in [5.74, 6) is 0.443. The quantitative estimate of drug-likeness (QED) is 0.785. The molecule has 126 valence electrons. The summed E-state index contributed by atoms with van der Waals surface area (Å²) < 4.78 is 0. The molecule has 3 heterocycles. The molecule has 0 fully saturated rings. The number of nitrogens with zero attached hydrogens (tertiary/aromatic N) is 3. The van der Waals surface area contributed by atoms with Gasteiger partial charge in [0.1, 0.15) is 0 Å². The van der Waals surface area contributed by atoms with E-state index < -0.39 is 0 Å². The van der Waals surface area contributed by atoms with E-state index in [-0.39, 0.29) is 0 Å². The van der Waals surface area contributed by atoms with E-state index in [1.165, 1.54) is 16.8 Å². The molecule has 0 amide bonds. The highest BCUT2D eigenvalue weighted by atomic mass is 15.1. The Morgan fingerprint density at radius 3 is 2.46 bits per heavy atom. The first-order chi connectivity index (χ1) is 11.4. The second-order valence-electron chi connectivity index (χ2n) is 6.97. The molecule has 24 heavy (non-hydrogen) atoms. The average Bonchev–Trinajstić information content (AvgIpc) is 2.55. The summed E-state index contributed by atoms with van der Waals surface area (Å²) in [6.07, 6.45) is 2.27. The number of hydrogen-bond acceptors (Lipinski definition) is 3. The molecular weight excluding hydrogens is 294 g/mol. The van der Waals surface area contributed by atoms with Crippen LogP contribution in [0.4, 0.5) is 5.69 Å². The lowest BCUT2D eigenvalue weighted by molar-refractivity contribution is 0.816. The van der Waals surface area contributed by atoms with Crippen molar-refractivity contribution in [3.8, 4) is 11.3 Å². The summed E-state index contributed by atoms with van der Waals surface area (Å²) >= 11 is 0. The van der Waals surface area contributed by atoms with E-state index in [4.69, 9.17) is 9.97 Å². The summed E-state index contributed by atoms with van der Waals surface area (Å²) in [6, 6.07) is 6.60. The van der Waals surface area contributed by atoms with Crippen molar-refractivity contribution in [3.05, 3.63) is 46.9 Å². The molecule has 0 spiro atoms. The van der Waals surface area contributed by atoms with Gasteiger partial charge in [0.2, 0.25) is 0 Å². The number of aromatic nitrogens is 2. The van der Waals surface area contributed by atoms with Crippen LogP contribution in [0.25, 0.3) is 16.8 Å². The van der Waals surface area contributed by atoms with Gasteiger partial charge < -0.3 is 4.90 Å². The predicted molar refractivity (Wildman–Crippen MR) is 103 cm³/mol. The summed E-state index contributed by atoms with van der Waals surface area (Å²) in [5, 5.41) is 0. The van der Waals surface area contributed by atoms with Crippen molar-refractivity contribution in [1.29, 1.82) is 0 Å². The maximum Gasteiger partial charge on any atom is 0.0897 e. The Labute approximate surface area is 145 Å². The van der Waals surface area contributed by atoms with Gasteiger partial charge in [-0.2, -0.15) is 0 Å². The molecule has 1 aliphatic heterocycles. The molecule has 0 saturated heterocycles. The predicted octanol–water partition coefficient (Wildman–Crippen LogP) is 5.13. The van der Waals surface area contributed by atoms with Gasteiger partial charge in [0.05, 0.1) is 17.1 Å². The van der Waals surface area contributed by atoms with Crippen LogP contribution in [0.15, 0.2) is 24.3 Å². The van der Waals surface area contributed by atoms with Crippen molar-refractivity contribution in [2.45, 2.75) is 47.5 Å². The number of hydrogen-bond donors (Lipinski definition) is 0. The molecule has 2 aromatic rings. The van der Waals surface area contributed by atoms with Gasteiger partial charge in [0.15, 0.2) is 0 Å². The van der Waals surface area contributed by atoms with Gasteiger partial charge in [0, 0.05) is 30.0 Å². The largest absolute Gasteiger partial charge is 0.366 e. The molecule has 3 rings (SSSR count). The third kappa shape index (κ3) is 2.83. The lowest BCUT2D eigenvalue weighted by Gasteiger charge is -2.29. The molecule has 0 radical (unpaired) electrons. The van der Waals surface area contributed by atoms with Crippen molar-refractivity contribution in [2.24, 2.45) is 0 Å². The zero-order valence-corrected chi connectivity index (χ0v) is 15.6. The number of aryl methyl sites for hydroxylation is 2. The van der Waals surface area contributed by atoms with Crippen LogP contribution >= 0.6 is 0 Å². The normalized spacial score (nSPS) is 14.0. The molecular formula is C21H27N3. The Morgan fingerprint density at radius 1 is 1.08 bits per heavy atom. The van der Waals surface area contributed by atoms with Gasteiger partial charge in [-0.15, -0.1) is 0 Å². The average molecular weight is 321 g/mol. The van der Waals surface area contributed by atoms with Crippen molar-refractivity contribution in [1.82, 2.24) is 9.97 Å². The molecule has 0 aliphatic carbocycles. The maximum absolute atomic E-state index is 5.05. The Kier molecular flexibility index (Phi) is 4.44. The molecule has 0 aromatic carbocycles. The molecule has 1 aliphatic rings. The van der Waals surface area contributed by atoms with Gasteiger partial charge in [-0.3, -0.25) is 4.98 Å². The lowest BCUT2D eigenvalue weighted by atomic mass is 9.99. The van der Waals surface area contributed by atoms with E-state index in [0.717, 1.165) is 41.4 Å². The second kappa shape index (κ2) is 6.39.